The molecule has 3 heterocycles. The standard InChI is InChI=1S/C18H28N6O3/c1-2-3-17(25)19-14-18(26)24-6-4-23(5-7-24)16-12-15(13-20-21-16)22-8-10-27-11-9-22/h12-13H,2-11,14H2,1H3,(H,19,25). The van der Waals surface area contributed by atoms with Gasteiger partial charge in [0, 0.05) is 51.8 Å². The van der Waals surface area contributed by atoms with Gasteiger partial charge >= 0.3 is 0 Å². The van der Waals surface area contributed by atoms with E-state index >= 15 is 0 Å². The Bertz CT molecular complexity index is 642. The Morgan fingerprint density at radius 1 is 1.11 bits per heavy atom. The number of nitrogens with one attached hydrogen (secondary N) is 1. The molecule has 3 rings (SSSR count). The molecule has 0 bridgehead atoms. The van der Waals surface area contributed by atoms with E-state index in [0.717, 1.165) is 44.2 Å². The number of amides is 2. The number of hydrogen-bond donors (Lipinski definition) is 1. The first-order chi connectivity index (χ1) is 13.2. The molecule has 2 fully saturated rings. The second kappa shape index (κ2) is 9.50. The number of anilines is 2. The van der Waals surface area contributed by atoms with Gasteiger partial charge in [-0.3, -0.25) is 9.59 Å². The summed E-state index contributed by atoms with van der Waals surface area (Å²) in [5.41, 5.74) is 1.06. The van der Waals surface area contributed by atoms with Crippen LogP contribution in [0.1, 0.15) is 19.8 Å². The molecule has 9 heteroatoms. The zero-order valence-electron chi connectivity index (χ0n) is 15.9. The van der Waals surface area contributed by atoms with E-state index in [9.17, 15) is 9.59 Å². The summed E-state index contributed by atoms with van der Waals surface area (Å²) >= 11 is 0. The summed E-state index contributed by atoms with van der Waals surface area (Å²) in [4.78, 5) is 30.0. The van der Waals surface area contributed by atoms with Gasteiger partial charge < -0.3 is 24.8 Å². The van der Waals surface area contributed by atoms with E-state index in [1.807, 2.05) is 6.92 Å². The molecule has 2 amide bonds. The third kappa shape index (κ3) is 5.29. The zero-order valence-corrected chi connectivity index (χ0v) is 15.9. The summed E-state index contributed by atoms with van der Waals surface area (Å²) in [5.74, 6) is 0.731. The maximum atomic E-state index is 12.3. The van der Waals surface area contributed by atoms with Gasteiger partial charge in [-0.2, -0.15) is 5.10 Å². The van der Waals surface area contributed by atoms with Crippen molar-refractivity contribution < 1.29 is 14.3 Å². The number of morpholine rings is 1. The Kier molecular flexibility index (Phi) is 6.80. The van der Waals surface area contributed by atoms with Crippen molar-refractivity contribution in [2.75, 3.05) is 68.8 Å². The van der Waals surface area contributed by atoms with E-state index in [1.165, 1.54) is 0 Å². The summed E-state index contributed by atoms with van der Waals surface area (Å²) in [6.45, 7) is 7.83. The highest BCUT2D eigenvalue weighted by atomic mass is 16.5. The molecule has 27 heavy (non-hydrogen) atoms. The van der Waals surface area contributed by atoms with E-state index < -0.39 is 0 Å². The van der Waals surface area contributed by atoms with Crippen molar-refractivity contribution in [2.24, 2.45) is 0 Å². The lowest BCUT2D eigenvalue weighted by molar-refractivity contribution is -0.133. The van der Waals surface area contributed by atoms with E-state index in [0.29, 0.717) is 32.6 Å². The van der Waals surface area contributed by atoms with Crippen molar-refractivity contribution in [2.45, 2.75) is 19.8 Å². The number of piperazine rings is 1. The quantitative estimate of drug-likeness (QED) is 0.740. The van der Waals surface area contributed by atoms with Crippen LogP contribution in [0.4, 0.5) is 11.5 Å². The smallest absolute Gasteiger partial charge is 0.242 e. The maximum Gasteiger partial charge on any atom is 0.242 e. The van der Waals surface area contributed by atoms with Crippen LogP contribution in [0.5, 0.6) is 0 Å². The second-order valence-electron chi connectivity index (χ2n) is 6.77. The van der Waals surface area contributed by atoms with Crippen molar-refractivity contribution in [3.63, 3.8) is 0 Å². The second-order valence-corrected chi connectivity index (χ2v) is 6.77. The highest BCUT2D eigenvalue weighted by Gasteiger charge is 2.23. The average molecular weight is 376 g/mol. The van der Waals surface area contributed by atoms with Crippen molar-refractivity contribution in [3.05, 3.63) is 12.3 Å². The van der Waals surface area contributed by atoms with Crippen LogP contribution in [-0.4, -0.2) is 85.9 Å². The fourth-order valence-corrected chi connectivity index (χ4v) is 3.28. The average Bonchev–Trinajstić information content (AvgIpc) is 2.73. The molecule has 9 nitrogen and oxygen atoms in total. The van der Waals surface area contributed by atoms with Crippen LogP contribution >= 0.6 is 0 Å². The molecule has 0 unspecified atom stereocenters. The highest BCUT2D eigenvalue weighted by molar-refractivity contribution is 5.84. The van der Waals surface area contributed by atoms with Crippen molar-refractivity contribution in [1.82, 2.24) is 20.4 Å². The Morgan fingerprint density at radius 3 is 2.56 bits per heavy atom. The van der Waals surface area contributed by atoms with E-state index in [1.54, 1.807) is 11.1 Å². The van der Waals surface area contributed by atoms with Crippen LogP contribution in [0.3, 0.4) is 0 Å². The molecule has 2 saturated heterocycles. The third-order valence-electron chi connectivity index (χ3n) is 4.87. The predicted octanol–water partition coefficient (Wildman–Crippen LogP) is -0.122. The number of rotatable bonds is 6. The highest BCUT2D eigenvalue weighted by Crippen LogP contribution is 2.20. The number of hydrogen-bond acceptors (Lipinski definition) is 7. The summed E-state index contributed by atoms with van der Waals surface area (Å²) in [6.07, 6.45) is 3.02. The molecule has 0 spiro atoms. The lowest BCUT2D eigenvalue weighted by Gasteiger charge is -2.36. The maximum absolute atomic E-state index is 12.3. The van der Waals surface area contributed by atoms with Crippen LogP contribution in [0.25, 0.3) is 0 Å². The fraction of sp³-hybridized carbons (Fsp3) is 0.667. The number of nitrogens with zero attached hydrogens (tertiary/aromatic N) is 5. The molecule has 0 atom stereocenters. The van der Waals surface area contributed by atoms with E-state index in [4.69, 9.17) is 4.74 Å². The largest absolute Gasteiger partial charge is 0.378 e. The molecule has 2 aliphatic heterocycles. The van der Waals surface area contributed by atoms with E-state index in [-0.39, 0.29) is 18.4 Å². The summed E-state index contributed by atoms with van der Waals surface area (Å²) < 4.78 is 5.40. The van der Waals surface area contributed by atoms with Gasteiger partial charge in [-0.1, -0.05) is 6.92 Å². The van der Waals surface area contributed by atoms with Gasteiger partial charge in [-0.05, 0) is 6.42 Å². The predicted molar refractivity (Wildman–Crippen MR) is 102 cm³/mol. The monoisotopic (exact) mass is 376 g/mol. The number of ether oxygens (including phenoxy) is 1. The molecule has 0 radical (unpaired) electrons. The van der Waals surface area contributed by atoms with Crippen LogP contribution in [0.2, 0.25) is 0 Å². The Morgan fingerprint density at radius 2 is 1.85 bits per heavy atom. The van der Waals surface area contributed by atoms with Gasteiger partial charge in [0.2, 0.25) is 11.8 Å². The minimum absolute atomic E-state index is 0.0349. The molecule has 148 valence electrons. The first-order valence-electron chi connectivity index (χ1n) is 9.62. The summed E-state index contributed by atoms with van der Waals surface area (Å²) in [7, 11) is 0. The molecule has 1 aromatic rings. The Balaban J connectivity index is 1.50. The lowest BCUT2D eigenvalue weighted by Crippen LogP contribution is -2.51. The van der Waals surface area contributed by atoms with Crippen LogP contribution in [-0.2, 0) is 14.3 Å². The minimum atomic E-state index is -0.0697. The SMILES string of the molecule is CCCC(=O)NCC(=O)N1CCN(c2cc(N3CCOCC3)cnn2)CC1. The minimum Gasteiger partial charge on any atom is -0.378 e. The number of carbonyl (C=O) groups excluding carboxylic acids is 2. The number of aromatic nitrogens is 2. The van der Waals surface area contributed by atoms with Gasteiger partial charge in [-0.15, -0.1) is 5.10 Å². The topological polar surface area (TPSA) is 90.9 Å². The van der Waals surface area contributed by atoms with Crippen LogP contribution in [0, 0.1) is 0 Å². The summed E-state index contributed by atoms with van der Waals surface area (Å²) in [5, 5.41) is 11.1. The fourth-order valence-electron chi connectivity index (χ4n) is 3.28. The lowest BCUT2D eigenvalue weighted by atomic mass is 10.2. The number of carbonyl (C=O) groups is 2. The van der Waals surface area contributed by atoms with Gasteiger partial charge in [0.05, 0.1) is 31.6 Å². The van der Waals surface area contributed by atoms with E-state index in [2.05, 4.69) is 31.4 Å². The van der Waals surface area contributed by atoms with Gasteiger partial charge in [-0.25, -0.2) is 0 Å². The first-order valence-corrected chi connectivity index (χ1v) is 9.62. The molecular weight excluding hydrogens is 348 g/mol. The molecule has 0 saturated carbocycles. The van der Waals surface area contributed by atoms with Gasteiger partial charge in [0.15, 0.2) is 5.82 Å². The molecule has 0 aliphatic carbocycles. The van der Waals surface area contributed by atoms with Gasteiger partial charge in [0.1, 0.15) is 0 Å². The molecular formula is C18H28N6O3. The van der Waals surface area contributed by atoms with Crippen molar-refractivity contribution in [3.8, 4) is 0 Å². The molecule has 2 aliphatic rings. The summed E-state index contributed by atoms with van der Waals surface area (Å²) in [6, 6.07) is 2.06. The van der Waals surface area contributed by atoms with Gasteiger partial charge in [0.25, 0.3) is 0 Å². The normalized spacial score (nSPS) is 17.7. The molecule has 1 aromatic heterocycles. The third-order valence-corrected chi connectivity index (χ3v) is 4.87. The molecule has 0 aromatic carbocycles. The van der Waals surface area contributed by atoms with Crippen molar-refractivity contribution >= 4 is 23.3 Å². The van der Waals surface area contributed by atoms with Crippen LogP contribution < -0.4 is 15.1 Å². The van der Waals surface area contributed by atoms with Crippen LogP contribution in [0.15, 0.2) is 12.3 Å². The van der Waals surface area contributed by atoms with Crippen molar-refractivity contribution in [1.29, 1.82) is 0 Å². The zero-order chi connectivity index (χ0) is 19.1. The molecule has 1 N–H and O–H groups in total. The first kappa shape index (κ1) is 19.3. The Labute approximate surface area is 159 Å². The Hall–Kier alpha value is -2.42.